The van der Waals surface area contributed by atoms with Crippen LogP contribution in [0, 0.1) is 0 Å². The van der Waals surface area contributed by atoms with Crippen LogP contribution in [0.15, 0.2) is 36.4 Å². The molecule has 0 aliphatic rings. The van der Waals surface area contributed by atoms with Crippen molar-refractivity contribution in [2.24, 2.45) is 0 Å². The van der Waals surface area contributed by atoms with Crippen molar-refractivity contribution < 1.29 is 14.3 Å². The van der Waals surface area contributed by atoms with E-state index in [1.165, 1.54) is 22.7 Å². The van der Waals surface area contributed by atoms with Crippen molar-refractivity contribution in [3.05, 3.63) is 41.3 Å². The molecule has 0 radical (unpaired) electrons. The summed E-state index contributed by atoms with van der Waals surface area (Å²) >= 11 is 2.72. The van der Waals surface area contributed by atoms with Gasteiger partial charge in [0.25, 0.3) is 5.91 Å². The summed E-state index contributed by atoms with van der Waals surface area (Å²) in [7, 11) is 0. The van der Waals surface area contributed by atoms with Crippen LogP contribution >= 0.6 is 22.7 Å². The first kappa shape index (κ1) is 17.4. The lowest BCUT2D eigenvalue weighted by molar-refractivity contribution is -0.128. The normalized spacial score (nSPS) is 11.9. The van der Waals surface area contributed by atoms with Gasteiger partial charge in [0, 0.05) is 12.2 Å². The van der Waals surface area contributed by atoms with Crippen molar-refractivity contribution >= 4 is 54.9 Å². The lowest BCUT2D eigenvalue weighted by Crippen LogP contribution is -2.35. The van der Waals surface area contributed by atoms with Crippen LogP contribution in [0.4, 0.5) is 10.8 Å². The van der Waals surface area contributed by atoms with E-state index < -0.39 is 12.1 Å². The van der Waals surface area contributed by atoms with Crippen molar-refractivity contribution in [3.63, 3.8) is 0 Å². The number of hydrogen-bond donors (Lipinski definition) is 2. The van der Waals surface area contributed by atoms with E-state index in [0.29, 0.717) is 11.4 Å². The molecule has 3 rings (SSSR count). The van der Waals surface area contributed by atoms with Gasteiger partial charge in [-0.15, -0.1) is 11.3 Å². The number of para-hydroxylation sites is 1. The Kier molecular flexibility index (Phi) is 5.30. The van der Waals surface area contributed by atoms with Crippen LogP contribution in [0.1, 0.15) is 23.5 Å². The van der Waals surface area contributed by atoms with Crippen LogP contribution in [0.2, 0.25) is 0 Å². The van der Waals surface area contributed by atoms with E-state index in [-0.39, 0.29) is 5.91 Å². The molecule has 2 aromatic heterocycles. The van der Waals surface area contributed by atoms with Gasteiger partial charge in [-0.1, -0.05) is 29.5 Å². The maximum Gasteiger partial charge on any atom is 0.349 e. The van der Waals surface area contributed by atoms with Gasteiger partial charge in [0.15, 0.2) is 11.2 Å². The first-order valence-electron chi connectivity index (χ1n) is 7.78. The zero-order valence-corrected chi connectivity index (χ0v) is 15.4. The highest BCUT2D eigenvalue weighted by atomic mass is 32.1. The van der Waals surface area contributed by atoms with E-state index in [2.05, 4.69) is 15.6 Å². The van der Waals surface area contributed by atoms with E-state index >= 15 is 0 Å². The molecule has 0 saturated heterocycles. The van der Waals surface area contributed by atoms with Crippen molar-refractivity contribution in [2.45, 2.75) is 20.0 Å². The molecule has 0 aliphatic carbocycles. The van der Waals surface area contributed by atoms with Crippen LogP contribution in [0.3, 0.4) is 0 Å². The van der Waals surface area contributed by atoms with Crippen LogP contribution in [-0.2, 0) is 9.53 Å². The van der Waals surface area contributed by atoms with Crippen molar-refractivity contribution in [3.8, 4) is 0 Å². The van der Waals surface area contributed by atoms with Gasteiger partial charge in [0.2, 0.25) is 0 Å². The number of anilines is 2. The van der Waals surface area contributed by atoms with Gasteiger partial charge in [0.05, 0.1) is 4.70 Å². The number of ether oxygens (including phenoxy) is 1. The van der Waals surface area contributed by atoms with Gasteiger partial charge in [-0.05, 0) is 32.0 Å². The molecule has 2 heterocycles. The van der Waals surface area contributed by atoms with Crippen molar-refractivity contribution in [1.29, 1.82) is 0 Å². The predicted molar refractivity (Wildman–Crippen MR) is 101 cm³/mol. The second-order valence-electron chi connectivity index (χ2n) is 5.23. The second-order valence-corrected chi connectivity index (χ2v) is 7.29. The Morgan fingerprint density at radius 3 is 2.68 bits per heavy atom. The Hall–Kier alpha value is -2.45. The molecule has 2 N–H and O–H groups in total. The molecule has 0 saturated carbocycles. The van der Waals surface area contributed by atoms with E-state index in [1.807, 2.05) is 37.3 Å². The van der Waals surface area contributed by atoms with Crippen LogP contribution < -0.4 is 10.6 Å². The Balaban J connectivity index is 1.69. The summed E-state index contributed by atoms with van der Waals surface area (Å²) in [4.78, 5) is 29.5. The summed E-state index contributed by atoms with van der Waals surface area (Å²) in [6, 6.07) is 11.5. The fourth-order valence-corrected chi connectivity index (χ4v) is 4.14. The summed E-state index contributed by atoms with van der Waals surface area (Å²) in [5.74, 6) is -0.812. The minimum absolute atomic E-state index is 0.304. The Labute approximate surface area is 152 Å². The first-order chi connectivity index (χ1) is 12.1. The molecule has 3 aromatic rings. The molecule has 0 aliphatic heterocycles. The second kappa shape index (κ2) is 7.62. The van der Waals surface area contributed by atoms with Gasteiger partial charge < -0.3 is 15.4 Å². The molecule has 0 spiro atoms. The largest absolute Gasteiger partial charge is 0.448 e. The number of fused-ring (bicyclic) bond motifs is 1. The molecule has 0 bridgehead atoms. The van der Waals surface area contributed by atoms with Crippen LogP contribution in [-0.4, -0.2) is 29.5 Å². The van der Waals surface area contributed by atoms with E-state index in [4.69, 9.17) is 4.74 Å². The summed E-state index contributed by atoms with van der Waals surface area (Å²) in [6.45, 7) is 3.86. The van der Waals surface area contributed by atoms with Gasteiger partial charge in [0.1, 0.15) is 9.71 Å². The number of nitrogens with one attached hydrogen (secondary N) is 2. The Morgan fingerprint density at radius 1 is 1.24 bits per heavy atom. The molecular formula is C17H17N3O3S2. The first-order valence-corrected chi connectivity index (χ1v) is 9.41. The van der Waals surface area contributed by atoms with Gasteiger partial charge in [-0.25, -0.2) is 9.78 Å². The average Bonchev–Trinajstić information content (AvgIpc) is 3.14. The number of benzene rings is 1. The number of nitrogens with zero attached hydrogens (tertiary/aromatic N) is 1. The molecule has 1 unspecified atom stereocenters. The monoisotopic (exact) mass is 375 g/mol. The predicted octanol–water partition coefficient (Wildman–Crippen LogP) is 3.78. The number of amides is 1. The van der Waals surface area contributed by atoms with E-state index in [0.717, 1.165) is 20.3 Å². The number of esters is 1. The number of rotatable bonds is 6. The minimum Gasteiger partial charge on any atom is -0.448 e. The zero-order chi connectivity index (χ0) is 17.8. The average molecular weight is 375 g/mol. The lowest BCUT2D eigenvalue weighted by Gasteiger charge is -2.11. The highest BCUT2D eigenvalue weighted by molar-refractivity contribution is 7.29. The van der Waals surface area contributed by atoms with Gasteiger partial charge >= 0.3 is 5.97 Å². The zero-order valence-electron chi connectivity index (χ0n) is 13.7. The van der Waals surface area contributed by atoms with Gasteiger partial charge in [-0.2, -0.15) is 0 Å². The summed E-state index contributed by atoms with van der Waals surface area (Å²) < 4.78 is 6.10. The summed E-state index contributed by atoms with van der Waals surface area (Å²) in [5.41, 5.74) is 0.958. The molecule has 1 amide bonds. The van der Waals surface area contributed by atoms with Crippen LogP contribution in [0.5, 0.6) is 0 Å². The Bertz CT molecular complexity index is 858. The Morgan fingerprint density at radius 2 is 2.00 bits per heavy atom. The fourth-order valence-electron chi connectivity index (χ4n) is 2.12. The number of aromatic nitrogens is 1. The highest BCUT2D eigenvalue weighted by Crippen LogP contribution is 2.34. The third kappa shape index (κ3) is 4.15. The summed E-state index contributed by atoms with van der Waals surface area (Å²) in [5, 5.41) is 6.62. The molecule has 1 aromatic carbocycles. The molecule has 1 atom stereocenters. The van der Waals surface area contributed by atoms with Crippen LogP contribution in [0.25, 0.3) is 9.53 Å². The SMILES string of the molecule is CCNC(=O)C(C)OC(=O)c1cc2sc(Nc3ccccc3)nc2s1. The molecular weight excluding hydrogens is 358 g/mol. The molecule has 6 nitrogen and oxygen atoms in total. The number of thiophene rings is 1. The number of carbonyl (C=O) groups is 2. The number of likely N-dealkylation sites (N-methyl/N-ethyl adjacent to an activating group) is 1. The standard InChI is InChI=1S/C17H17N3O3S2/c1-3-18-14(21)10(2)23-16(22)13-9-12-15(24-13)20-17(25-12)19-11-7-5-4-6-8-11/h4-10H,3H2,1-2H3,(H,18,21)(H,19,20). The summed E-state index contributed by atoms with van der Waals surface area (Å²) in [6.07, 6.45) is -0.823. The van der Waals surface area contributed by atoms with E-state index in [9.17, 15) is 9.59 Å². The molecule has 8 heteroatoms. The van der Waals surface area contributed by atoms with Crippen molar-refractivity contribution in [2.75, 3.05) is 11.9 Å². The molecule has 0 fully saturated rings. The topological polar surface area (TPSA) is 80.3 Å². The number of hydrogen-bond acceptors (Lipinski definition) is 7. The maximum absolute atomic E-state index is 12.2. The van der Waals surface area contributed by atoms with E-state index in [1.54, 1.807) is 13.0 Å². The fraction of sp³-hybridized carbons (Fsp3) is 0.235. The highest BCUT2D eigenvalue weighted by Gasteiger charge is 2.21. The lowest BCUT2D eigenvalue weighted by atomic mass is 10.3. The van der Waals surface area contributed by atoms with Crippen molar-refractivity contribution in [1.82, 2.24) is 10.3 Å². The smallest absolute Gasteiger partial charge is 0.349 e. The van der Waals surface area contributed by atoms with Gasteiger partial charge in [-0.3, -0.25) is 4.79 Å². The third-order valence-corrected chi connectivity index (χ3v) is 5.38. The maximum atomic E-state index is 12.2. The molecule has 130 valence electrons. The molecule has 25 heavy (non-hydrogen) atoms. The number of thiazole rings is 1. The minimum atomic E-state index is -0.823. The number of carbonyl (C=O) groups excluding carboxylic acids is 2. The quantitative estimate of drug-likeness (QED) is 0.641. The third-order valence-electron chi connectivity index (χ3n) is 3.32.